The molecule has 0 bridgehead atoms. The van der Waals surface area contributed by atoms with Gasteiger partial charge in [-0.05, 0) is 177 Å². The van der Waals surface area contributed by atoms with Gasteiger partial charge >= 0.3 is 0 Å². The minimum Gasteiger partial charge on any atom is -0.286 e. The van der Waals surface area contributed by atoms with Crippen LogP contribution in [0.4, 0.5) is 0 Å². The summed E-state index contributed by atoms with van der Waals surface area (Å²) in [7, 11) is -4.00. The van der Waals surface area contributed by atoms with Crippen molar-refractivity contribution in [3.8, 4) is 0 Å². The molecule has 1 radical (unpaired) electrons. The maximum atomic E-state index is 11.3. The number of rotatable bonds is 4. The van der Waals surface area contributed by atoms with Crippen molar-refractivity contribution in [2.24, 2.45) is 0 Å². The van der Waals surface area contributed by atoms with Gasteiger partial charge in [-0.15, -0.1) is 0 Å². The summed E-state index contributed by atoms with van der Waals surface area (Å²) in [5.41, 5.74) is 0.968. The summed E-state index contributed by atoms with van der Waals surface area (Å²) in [5, 5.41) is 19.3. The van der Waals surface area contributed by atoms with Crippen molar-refractivity contribution in [1.29, 1.82) is 0 Å². The summed E-state index contributed by atoms with van der Waals surface area (Å²) in [5.74, 6) is -0.287. The van der Waals surface area contributed by atoms with Crippen LogP contribution in [-0.2, 0) is 10.1 Å². The summed E-state index contributed by atoms with van der Waals surface area (Å²) in [6.45, 7) is 0. The van der Waals surface area contributed by atoms with Crippen LogP contribution in [0, 0.1) is 6.42 Å². The lowest BCUT2D eigenvalue weighted by Gasteiger charge is -2.12. The van der Waals surface area contributed by atoms with E-state index in [1.165, 1.54) is 64.6 Å². The summed E-state index contributed by atoms with van der Waals surface area (Å²) in [6.07, 6.45) is 2.15. The lowest BCUT2D eigenvalue weighted by atomic mass is 9.92. The third-order valence-electron chi connectivity index (χ3n) is 9.30. The molecule has 1 N–H and O–H groups in total. The second-order valence-electron chi connectivity index (χ2n) is 12.2. The van der Waals surface area contributed by atoms with Crippen molar-refractivity contribution in [2.45, 2.75) is 6.42 Å². The Hall–Kier alpha value is -5.03. The molecule has 45 heavy (non-hydrogen) atoms. The monoisotopic (exact) mass is 599 g/mol. The van der Waals surface area contributed by atoms with Crippen molar-refractivity contribution in [2.75, 3.05) is 5.75 Å². The highest BCUT2D eigenvalue weighted by atomic mass is 32.2. The number of benzene rings is 9. The molecule has 0 fully saturated rings. The zero-order valence-electron chi connectivity index (χ0n) is 24.3. The maximum absolute atomic E-state index is 11.3. The first-order chi connectivity index (χ1) is 21.8. The molecule has 4 heteroatoms. The predicted octanol–water partition coefficient (Wildman–Crippen LogP) is 10.7. The first kappa shape index (κ1) is 26.4. The molecule has 0 saturated carbocycles. The van der Waals surface area contributed by atoms with Crippen LogP contribution >= 0.6 is 0 Å². The fraction of sp³-hybridized carbons (Fsp3) is 0.0488. The largest absolute Gasteiger partial charge is 0.286 e. The minimum atomic E-state index is -4.00. The fourth-order valence-electron chi connectivity index (χ4n) is 7.09. The smallest absolute Gasteiger partial charge is 0.264 e. The molecule has 0 aliphatic carbocycles. The Morgan fingerprint density at radius 2 is 0.800 bits per heavy atom. The molecule has 0 atom stereocenters. The molecule has 9 aromatic carbocycles. The van der Waals surface area contributed by atoms with E-state index in [2.05, 4.69) is 115 Å². The third kappa shape index (κ3) is 4.57. The standard InChI is InChI=1S/C41H27O3S/c42-45(43,44)12-4-9-25-7-3-8-28-15-33-19-35-17-30-11-10-29-16-34-18-31-13-26-5-1-2-6-27(26)14-32(31)20-37(34)23-40(29)41(30)24-38(35)21-36(33)22-39(25)28/h1-3,5-11,13-24H,4,12H2,(H,42,43,44). The molecule has 0 aliphatic heterocycles. The summed E-state index contributed by atoms with van der Waals surface area (Å²) in [6, 6.07) is 46.5. The van der Waals surface area contributed by atoms with Gasteiger partial charge in [-0.1, -0.05) is 54.6 Å². The molecule has 0 aromatic heterocycles. The highest BCUT2D eigenvalue weighted by Crippen LogP contribution is 2.36. The third-order valence-corrected chi connectivity index (χ3v) is 10.0. The molecule has 215 valence electrons. The number of hydrogen-bond acceptors (Lipinski definition) is 2. The van der Waals surface area contributed by atoms with Crippen LogP contribution in [0.25, 0.3) is 86.2 Å². The molecule has 0 unspecified atom stereocenters. The van der Waals surface area contributed by atoms with Crippen LogP contribution in [0.3, 0.4) is 0 Å². The van der Waals surface area contributed by atoms with Crippen LogP contribution in [0.15, 0.2) is 127 Å². The van der Waals surface area contributed by atoms with E-state index < -0.39 is 10.1 Å². The lowest BCUT2D eigenvalue weighted by molar-refractivity contribution is 0.482. The number of hydrogen-bond donors (Lipinski definition) is 1. The van der Waals surface area contributed by atoms with Crippen molar-refractivity contribution >= 4 is 96.3 Å². The Morgan fingerprint density at radius 1 is 0.422 bits per heavy atom. The second-order valence-corrected chi connectivity index (χ2v) is 13.8. The zero-order valence-corrected chi connectivity index (χ0v) is 25.1. The van der Waals surface area contributed by atoms with Crippen LogP contribution in [0.2, 0.25) is 0 Å². The van der Waals surface area contributed by atoms with Crippen molar-refractivity contribution in [1.82, 2.24) is 0 Å². The van der Waals surface area contributed by atoms with E-state index in [1.807, 2.05) is 18.6 Å². The van der Waals surface area contributed by atoms with Gasteiger partial charge in [0, 0.05) is 0 Å². The van der Waals surface area contributed by atoms with Gasteiger partial charge in [-0.25, -0.2) is 0 Å². The average Bonchev–Trinajstić information content (AvgIpc) is 3.02. The van der Waals surface area contributed by atoms with E-state index in [0.717, 1.165) is 27.1 Å². The quantitative estimate of drug-likeness (QED) is 0.124. The van der Waals surface area contributed by atoms with Gasteiger partial charge in [0.15, 0.2) is 0 Å². The van der Waals surface area contributed by atoms with E-state index in [-0.39, 0.29) is 12.2 Å². The average molecular weight is 600 g/mol. The molecule has 0 heterocycles. The van der Waals surface area contributed by atoms with E-state index in [9.17, 15) is 13.0 Å². The lowest BCUT2D eigenvalue weighted by Crippen LogP contribution is -2.04. The van der Waals surface area contributed by atoms with Gasteiger partial charge in [0.25, 0.3) is 10.1 Å². The number of fused-ring (bicyclic) bond motifs is 9. The highest BCUT2D eigenvalue weighted by Gasteiger charge is 2.11. The van der Waals surface area contributed by atoms with E-state index >= 15 is 0 Å². The van der Waals surface area contributed by atoms with Gasteiger partial charge in [0.1, 0.15) is 0 Å². The predicted molar refractivity (Wildman–Crippen MR) is 191 cm³/mol. The van der Waals surface area contributed by atoms with Crippen molar-refractivity contribution in [3.63, 3.8) is 0 Å². The van der Waals surface area contributed by atoms with Gasteiger partial charge < -0.3 is 0 Å². The molecule has 0 spiro atoms. The molecule has 3 nitrogen and oxygen atoms in total. The topological polar surface area (TPSA) is 54.4 Å². The second kappa shape index (κ2) is 9.73. The SMILES string of the molecule is O=S(=O)(O)CC[CH]c1cccc2cc3cc4cc5ccc6cc7cc8cc9ccccc9cc8cc7cc6c5cc4cc3cc12. The van der Waals surface area contributed by atoms with Gasteiger partial charge in [-0.2, -0.15) is 8.42 Å². The Kier molecular flexibility index (Phi) is 5.71. The zero-order chi connectivity index (χ0) is 30.3. The van der Waals surface area contributed by atoms with Crippen molar-refractivity contribution in [3.05, 3.63) is 139 Å². The van der Waals surface area contributed by atoms with Crippen LogP contribution < -0.4 is 0 Å². The van der Waals surface area contributed by atoms with E-state index in [0.29, 0.717) is 0 Å². The van der Waals surface area contributed by atoms with Gasteiger partial charge in [0.05, 0.1) is 5.75 Å². The molecule has 0 saturated heterocycles. The minimum absolute atomic E-state index is 0.258. The van der Waals surface area contributed by atoms with Crippen LogP contribution in [-0.4, -0.2) is 18.7 Å². The Balaban J connectivity index is 1.21. The summed E-state index contributed by atoms with van der Waals surface area (Å²) < 4.78 is 31.7. The van der Waals surface area contributed by atoms with Crippen LogP contribution in [0.5, 0.6) is 0 Å². The first-order valence-corrected chi connectivity index (χ1v) is 16.8. The molecule has 0 amide bonds. The van der Waals surface area contributed by atoms with E-state index in [4.69, 9.17) is 0 Å². The Morgan fingerprint density at radius 3 is 1.29 bits per heavy atom. The maximum Gasteiger partial charge on any atom is 0.264 e. The molecular weight excluding hydrogens is 573 g/mol. The highest BCUT2D eigenvalue weighted by molar-refractivity contribution is 7.85. The van der Waals surface area contributed by atoms with Crippen LogP contribution in [0.1, 0.15) is 12.0 Å². The molecule has 0 aliphatic rings. The van der Waals surface area contributed by atoms with Gasteiger partial charge in [-0.3, -0.25) is 4.55 Å². The first-order valence-electron chi connectivity index (χ1n) is 15.2. The molecule has 9 aromatic rings. The summed E-state index contributed by atoms with van der Waals surface area (Å²) in [4.78, 5) is 0. The Bertz CT molecular complexity index is 2820. The normalized spacial score (nSPS) is 12.6. The summed E-state index contributed by atoms with van der Waals surface area (Å²) >= 11 is 0. The Labute approximate surface area is 260 Å². The van der Waals surface area contributed by atoms with E-state index in [1.54, 1.807) is 0 Å². The molecular formula is C41H27O3S. The fourth-order valence-corrected chi connectivity index (χ4v) is 7.51. The van der Waals surface area contributed by atoms with Crippen molar-refractivity contribution < 1.29 is 13.0 Å². The van der Waals surface area contributed by atoms with Gasteiger partial charge in [0.2, 0.25) is 0 Å². The molecule has 9 rings (SSSR count).